The summed E-state index contributed by atoms with van der Waals surface area (Å²) in [6, 6.07) is 0. The maximum Gasteiger partial charge on any atom is 0.246 e. The van der Waals surface area contributed by atoms with Gasteiger partial charge >= 0.3 is 0 Å². The molecular formula is C13H18BrN5O. The number of carbonyl (C=O) groups is 1. The highest BCUT2D eigenvalue weighted by atomic mass is 79.9. The number of carbonyl (C=O) groups excluding carboxylic acids is 1. The van der Waals surface area contributed by atoms with E-state index in [9.17, 15) is 4.79 Å². The lowest BCUT2D eigenvalue weighted by molar-refractivity contribution is -0.116. The molecule has 0 atom stereocenters. The molecule has 0 aliphatic carbocycles. The highest BCUT2D eigenvalue weighted by Gasteiger charge is 2.14. The molecule has 0 saturated carbocycles. The molecule has 0 spiro atoms. The van der Waals surface area contributed by atoms with E-state index in [1.807, 2.05) is 32.4 Å². The van der Waals surface area contributed by atoms with Crippen molar-refractivity contribution in [3.63, 3.8) is 0 Å². The molecule has 0 aliphatic rings. The largest absolute Gasteiger partial charge is 0.321 e. The van der Waals surface area contributed by atoms with Gasteiger partial charge in [-0.15, -0.1) is 0 Å². The standard InChI is InChI=1S/C13H18BrN5O/c1-5-19-10(4)13(9(3)17-19)15-12(20)7-18-6-11(14)8(2)16-18/h6H,5,7H2,1-4H3,(H,15,20). The molecule has 2 aromatic rings. The van der Waals surface area contributed by atoms with Crippen LogP contribution < -0.4 is 5.32 Å². The predicted octanol–water partition coefficient (Wildman–Crippen LogP) is 2.43. The summed E-state index contributed by atoms with van der Waals surface area (Å²) in [5.74, 6) is -0.109. The molecule has 2 heterocycles. The van der Waals surface area contributed by atoms with Crippen molar-refractivity contribution in [1.29, 1.82) is 0 Å². The first kappa shape index (κ1) is 14.8. The summed E-state index contributed by atoms with van der Waals surface area (Å²) < 4.78 is 4.39. The van der Waals surface area contributed by atoms with Crippen LogP contribution in [0, 0.1) is 20.8 Å². The van der Waals surface area contributed by atoms with Crippen molar-refractivity contribution in [2.75, 3.05) is 5.32 Å². The molecule has 1 N–H and O–H groups in total. The topological polar surface area (TPSA) is 64.7 Å². The molecule has 0 radical (unpaired) electrons. The number of halogens is 1. The molecule has 0 bridgehead atoms. The number of hydrogen-bond donors (Lipinski definition) is 1. The minimum Gasteiger partial charge on any atom is -0.321 e. The van der Waals surface area contributed by atoms with Crippen LogP contribution in [0.15, 0.2) is 10.7 Å². The predicted molar refractivity (Wildman–Crippen MR) is 80.7 cm³/mol. The van der Waals surface area contributed by atoms with E-state index in [1.54, 1.807) is 10.9 Å². The minimum absolute atomic E-state index is 0.109. The first-order chi connectivity index (χ1) is 9.42. The van der Waals surface area contributed by atoms with Gasteiger partial charge in [0, 0.05) is 12.7 Å². The van der Waals surface area contributed by atoms with Crippen LogP contribution in [0.4, 0.5) is 5.69 Å². The van der Waals surface area contributed by atoms with E-state index in [2.05, 4.69) is 31.4 Å². The first-order valence-corrected chi connectivity index (χ1v) is 7.25. The van der Waals surface area contributed by atoms with Gasteiger partial charge in [-0.2, -0.15) is 10.2 Å². The van der Waals surface area contributed by atoms with Crippen molar-refractivity contribution in [2.45, 2.75) is 40.8 Å². The molecule has 6 nitrogen and oxygen atoms in total. The number of aryl methyl sites for hydroxylation is 3. The Hall–Kier alpha value is -1.63. The van der Waals surface area contributed by atoms with Crippen LogP contribution in [0.1, 0.15) is 24.0 Å². The summed E-state index contributed by atoms with van der Waals surface area (Å²) in [6.45, 7) is 8.72. The smallest absolute Gasteiger partial charge is 0.246 e. The van der Waals surface area contributed by atoms with Crippen molar-refractivity contribution in [2.24, 2.45) is 0 Å². The Morgan fingerprint density at radius 1 is 1.30 bits per heavy atom. The van der Waals surface area contributed by atoms with Gasteiger partial charge in [0.05, 0.1) is 27.2 Å². The zero-order chi connectivity index (χ0) is 14.9. The van der Waals surface area contributed by atoms with Crippen LogP contribution >= 0.6 is 15.9 Å². The van der Waals surface area contributed by atoms with Crippen LogP contribution in [-0.4, -0.2) is 25.5 Å². The SMILES string of the molecule is CCn1nc(C)c(NC(=O)Cn2cc(Br)c(C)n2)c1C. The fraction of sp³-hybridized carbons (Fsp3) is 0.462. The van der Waals surface area contributed by atoms with Gasteiger partial charge in [-0.25, -0.2) is 0 Å². The second-order valence-corrected chi connectivity index (χ2v) is 5.52. The second-order valence-electron chi connectivity index (χ2n) is 4.67. The summed E-state index contributed by atoms with van der Waals surface area (Å²) in [6.07, 6.45) is 1.80. The molecule has 7 heteroatoms. The monoisotopic (exact) mass is 339 g/mol. The van der Waals surface area contributed by atoms with Gasteiger partial charge in [0.15, 0.2) is 0 Å². The number of nitrogens with zero attached hydrogens (tertiary/aromatic N) is 4. The van der Waals surface area contributed by atoms with Gasteiger partial charge in [-0.3, -0.25) is 14.2 Å². The van der Waals surface area contributed by atoms with Gasteiger partial charge in [0.2, 0.25) is 5.91 Å². The Kier molecular flexibility index (Phi) is 4.27. The van der Waals surface area contributed by atoms with Gasteiger partial charge in [-0.05, 0) is 43.6 Å². The van der Waals surface area contributed by atoms with Crippen molar-refractivity contribution in [3.05, 3.63) is 27.8 Å². The fourth-order valence-corrected chi connectivity index (χ4v) is 2.40. The lowest BCUT2D eigenvalue weighted by Gasteiger charge is -2.06. The zero-order valence-corrected chi connectivity index (χ0v) is 13.7. The molecule has 0 saturated heterocycles. The van der Waals surface area contributed by atoms with E-state index < -0.39 is 0 Å². The molecule has 2 aromatic heterocycles. The average Bonchev–Trinajstić information content (AvgIpc) is 2.83. The van der Waals surface area contributed by atoms with Crippen molar-refractivity contribution >= 4 is 27.5 Å². The van der Waals surface area contributed by atoms with Crippen LogP contribution in [0.5, 0.6) is 0 Å². The van der Waals surface area contributed by atoms with E-state index in [0.29, 0.717) is 0 Å². The second kappa shape index (κ2) is 5.78. The maximum absolute atomic E-state index is 12.1. The van der Waals surface area contributed by atoms with Crippen molar-refractivity contribution in [1.82, 2.24) is 19.6 Å². The highest BCUT2D eigenvalue weighted by Crippen LogP contribution is 2.19. The van der Waals surface area contributed by atoms with E-state index in [0.717, 1.165) is 33.8 Å². The lowest BCUT2D eigenvalue weighted by Crippen LogP contribution is -2.20. The third-order valence-electron chi connectivity index (χ3n) is 3.14. The van der Waals surface area contributed by atoms with Crippen LogP contribution in [0.2, 0.25) is 0 Å². The first-order valence-electron chi connectivity index (χ1n) is 6.45. The third-order valence-corrected chi connectivity index (χ3v) is 3.92. The van der Waals surface area contributed by atoms with Gasteiger partial charge in [-0.1, -0.05) is 0 Å². The number of rotatable bonds is 4. The fourth-order valence-electron chi connectivity index (χ4n) is 2.09. The Morgan fingerprint density at radius 3 is 2.50 bits per heavy atom. The minimum atomic E-state index is -0.109. The summed E-state index contributed by atoms with van der Waals surface area (Å²) in [5, 5.41) is 11.5. The highest BCUT2D eigenvalue weighted by molar-refractivity contribution is 9.10. The molecule has 20 heavy (non-hydrogen) atoms. The van der Waals surface area contributed by atoms with Crippen molar-refractivity contribution < 1.29 is 4.79 Å². The van der Waals surface area contributed by atoms with E-state index in [-0.39, 0.29) is 12.5 Å². The number of nitrogens with one attached hydrogen (secondary N) is 1. The Bertz CT molecular complexity index is 624. The Balaban J connectivity index is 2.10. The number of hydrogen-bond acceptors (Lipinski definition) is 3. The molecular weight excluding hydrogens is 322 g/mol. The van der Waals surface area contributed by atoms with Crippen LogP contribution in [-0.2, 0) is 17.9 Å². The summed E-state index contributed by atoms with van der Waals surface area (Å²) >= 11 is 3.38. The number of amides is 1. The summed E-state index contributed by atoms with van der Waals surface area (Å²) in [5.41, 5.74) is 3.45. The molecule has 108 valence electrons. The molecule has 0 unspecified atom stereocenters. The molecule has 1 amide bonds. The van der Waals surface area contributed by atoms with Gasteiger partial charge in [0.1, 0.15) is 6.54 Å². The maximum atomic E-state index is 12.1. The molecule has 2 rings (SSSR count). The van der Waals surface area contributed by atoms with Gasteiger partial charge < -0.3 is 5.32 Å². The quantitative estimate of drug-likeness (QED) is 0.930. The summed E-state index contributed by atoms with van der Waals surface area (Å²) in [7, 11) is 0. The molecule has 0 aromatic carbocycles. The van der Waals surface area contributed by atoms with Crippen LogP contribution in [0.3, 0.4) is 0 Å². The molecule has 0 fully saturated rings. The average molecular weight is 340 g/mol. The van der Waals surface area contributed by atoms with E-state index >= 15 is 0 Å². The Labute approximate surface area is 126 Å². The molecule has 0 aliphatic heterocycles. The summed E-state index contributed by atoms with van der Waals surface area (Å²) in [4.78, 5) is 12.1. The van der Waals surface area contributed by atoms with Crippen molar-refractivity contribution in [3.8, 4) is 0 Å². The van der Waals surface area contributed by atoms with E-state index in [1.165, 1.54) is 0 Å². The van der Waals surface area contributed by atoms with Gasteiger partial charge in [0.25, 0.3) is 0 Å². The van der Waals surface area contributed by atoms with E-state index in [4.69, 9.17) is 0 Å². The number of anilines is 1. The normalized spacial score (nSPS) is 10.8. The lowest BCUT2D eigenvalue weighted by atomic mass is 10.3. The van der Waals surface area contributed by atoms with Crippen LogP contribution in [0.25, 0.3) is 0 Å². The third kappa shape index (κ3) is 2.92. The zero-order valence-electron chi connectivity index (χ0n) is 12.1. The Morgan fingerprint density at radius 2 is 2.00 bits per heavy atom. The number of aromatic nitrogens is 4.